The molecule has 0 aliphatic carbocycles. The summed E-state index contributed by atoms with van der Waals surface area (Å²) >= 11 is 0. The standard InChI is InChI=1S/C23H27N3O3/c27-21-15-6-1-2-7-16(15)22(28)26(21)19-10-9-18-17-8-4-12-24-11-3-5-14(20(17)24)13-25(18)23(19)29/h1-2,6-7,14,17-20H,3-5,8-13H2/t14-,17+,18+,19+,20-/m0/s1. The van der Waals surface area contributed by atoms with Gasteiger partial charge in [0.1, 0.15) is 6.04 Å². The molecule has 5 atom stereocenters. The molecule has 0 radical (unpaired) electrons. The highest BCUT2D eigenvalue weighted by atomic mass is 16.2. The number of hydrogen-bond acceptors (Lipinski definition) is 4. The first-order valence-corrected chi connectivity index (χ1v) is 11.2. The molecule has 3 amide bonds. The van der Waals surface area contributed by atoms with E-state index >= 15 is 0 Å². The summed E-state index contributed by atoms with van der Waals surface area (Å²) in [6.07, 6.45) is 6.30. The second kappa shape index (κ2) is 6.39. The quantitative estimate of drug-likeness (QED) is 0.686. The molecule has 0 spiro atoms. The first kappa shape index (κ1) is 17.6. The number of rotatable bonds is 1. The van der Waals surface area contributed by atoms with Gasteiger partial charge in [-0.05, 0) is 75.6 Å². The second-order valence-corrected chi connectivity index (χ2v) is 9.41. The average molecular weight is 393 g/mol. The minimum Gasteiger partial charge on any atom is -0.337 e. The largest absolute Gasteiger partial charge is 0.337 e. The van der Waals surface area contributed by atoms with Crippen molar-refractivity contribution in [3.05, 3.63) is 35.4 Å². The van der Waals surface area contributed by atoms with Crippen molar-refractivity contribution in [3.63, 3.8) is 0 Å². The molecule has 6 nitrogen and oxygen atoms in total. The number of imide groups is 1. The van der Waals surface area contributed by atoms with Crippen LogP contribution in [0.3, 0.4) is 0 Å². The SMILES string of the molecule is O=C1[C@H](N2C(=O)c3ccccc3C2=O)CC[C@@H]2[C@H]3CCCN4CCC[C@@H](CN12)[C@@H]34. The van der Waals surface area contributed by atoms with E-state index in [9.17, 15) is 14.4 Å². The number of amides is 3. The van der Waals surface area contributed by atoms with E-state index in [1.807, 2.05) is 0 Å². The highest BCUT2D eigenvalue weighted by molar-refractivity contribution is 6.22. The monoisotopic (exact) mass is 393 g/mol. The summed E-state index contributed by atoms with van der Waals surface area (Å²) in [7, 11) is 0. The van der Waals surface area contributed by atoms with Gasteiger partial charge in [-0.15, -0.1) is 0 Å². The van der Waals surface area contributed by atoms with Gasteiger partial charge in [-0.25, -0.2) is 0 Å². The third-order valence-electron chi connectivity index (χ3n) is 8.11. The summed E-state index contributed by atoms with van der Waals surface area (Å²) in [6, 6.07) is 7.19. The lowest BCUT2D eigenvalue weighted by Gasteiger charge is -2.59. The van der Waals surface area contributed by atoms with Crippen LogP contribution in [-0.2, 0) is 4.79 Å². The van der Waals surface area contributed by atoms with Gasteiger partial charge >= 0.3 is 0 Å². The van der Waals surface area contributed by atoms with Crippen molar-refractivity contribution in [2.45, 2.75) is 56.7 Å². The Labute approximate surface area is 170 Å². The first-order valence-electron chi connectivity index (χ1n) is 11.2. The summed E-state index contributed by atoms with van der Waals surface area (Å²) in [4.78, 5) is 45.5. The highest BCUT2D eigenvalue weighted by Crippen LogP contribution is 2.45. The van der Waals surface area contributed by atoms with Gasteiger partial charge in [-0.1, -0.05) is 12.1 Å². The zero-order valence-electron chi connectivity index (χ0n) is 16.6. The number of nitrogens with zero attached hydrogens (tertiary/aromatic N) is 3. The number of benzene rings is 1. The molecule has 1 aromatic rings. The van der Waals surface area contributed by atoms with Gasteiger partial charge in [0.25, 0.3) is 11.8 Å². The molecule has 0 saturated carbocycles. The van der Waals surface area contributed by atoms with Crippen molar-refractivity contribution in [2.24, 2.45) is 11.8 Å². The predicted octanol–water partition coefficient (Wildman–Crippen LogP) is 2.15. The molecular weight excluding hydrogens is 366 g/mol. The summed E-state index contributed by atoms with van der Waals surface area (Å²) < 4.78 is 0. The van der Waals surface area contributed by atoms with Gasteiger partial charge in [0.2, 0.25) is 5.91 Å². The Balaban J connectivity index is 1.29. The highest BCUT2D eigenvalue weighted by Gasteiger charge is 2.54. The molecule has 5 aliphatic rings. The molecule has 29 heavy (non-hydrogen) atoms. The minimum atomic E-state index is -0.640. The Hall–Kier alpha value is -2.21. The van der Waals surface area contributed by atoms with E-state index in [0.717, 1.165) is 13.0 Å². The van der Waals surface area contributed by atoms with E-state index in [-0.39, 0.29) is 23.8 Å². The predicted molar refractivity (Wildman–Crippen MR) is 106 cm³/mol. The number of carbonyl (C=O) groups is 3. The Morgan fingerprint density at radius 2 is 1.52 bits per heavy atom. The summed E-state index contributed by atoms with van der Waals surface area (Å²) in [6.45, 7) is 3.20. The van der Waals surface area contributed by atoms with E-state index in [0.29, 0.717) is 35.4 Å². The van der Waals surface area contributed by atoms with Gasteiger partial charge in [-0.3, -0.25) is 24.2 Å². The van der Waals surface area contributed by atoms with Gasteiger partial charge < -0.3 is 4.90 Å². The topological polar surface area (TPSA) is 60.9 Å². The van der Waals surface area contributed by atoms with E-state index in [1.165, 1.54) is 43.7 Å². The van der Waals surface area contributed by atoms with Crippen LogP contribution in [0, 0.1) is 11.8 Å². The van der Waals surface area contributed by atoms with Crippen molar-refractivity contribution in [3.8, 4) is 0 Å². The Bertz CT molecular complexity index is 862. The number of fused-ring (bicyclic) bond motifs is 3. The maximum absolute atomic E-state index is 13.6. The molecule has 0 bridgehead atoms. The molecule has 0 aromatic heterocycles. The van der Waals surface area contributed by atoms with Gasteiger partial charge in [0.05, 0.1) is 11.1 Å². The van der Waals surface area contributed by atoms with Crippen LogP contribution >= 0.6 is 0 Å². The summed E-state index contributed by atoms with van der Waals surface area (Å²) in [5.74, 6) is 0.472. The normalized spacial score (nSPS) is 36.7. The van der Waals surface area contributed by atoms with Crippen LogP contribution in [0.4, 0.5) is 0 Å². The molecule has 5 heterocycles. The molecule has 0 unspecified atom stereocenters. The third-order valence-corrected chi connectivity index (χ3v) is 8.11. The molecule has 4 saturated heterocycles. The molecule has 6 rings (SSSR count). The van der Waals surface area contributed by atoms with Gasteiger partial charge in [0, 0.05) is 18.6 Å². The molecule has 4 fully saturated rings. The summed E-state index contributed by atoms with van der Waals surface area (Å²) in [5, 5.41) is 0. The molecule has 5 aliphatic heterocycles. The maximum Gasteiger partial charge on any atom is 0.262 e. The maximum atomic E-state index is 13.6. The number of piperidine rings is 4. The summed E-state index contributed by atoms with van der Waals surface area (Å²) in [5.41, 5.74) is 0.864. The van der Waals surface area contributed by atoms with Crippen LogP contribution < -0.4 is 0 Å². The van der Waals surface area contributed by atoms with E-state index in [1.54, 1.807) is 24.3 Å². The van der Waals surface area contributed by atoms with Crippen LogP contribution in [0.1, 0.15) is 59.2 Å². The zero-order valence-corrected chi connectivity index (χ0v) is 16.6. The third kappa shape index (κ3) is 2.41. The fourth-order valence-electron chi connectivity index (χ4n) is 6.99. The molecular formula is C23H27N3O3. The van der Waals surface area contributed by atoms with E-state index < -0.39 is 6.04 Å². The van der Waals surface area contributed by atoms with Crippen LogP contribution in [0.25, 0.3) is 0 Å². The van der Waals surface area contributed by atoms with Crippen molar-refractivity contribution in [1.29, 1.82) is 0 Å². The lowest BCUT2D eigenvalue weighted by Crippen LogP contribution is -2.69. The fourth-order valence-corrected chi connectivity index (χ4v) is 6.99. The van der Waals surface area contributed by atoms with Crippen LogP contribution in [0.15, 0.2) is 24.3 Å². The van der Waals surface area contributed by atoms with Crippen LogP contribution in [0.5, 0.6) is 0 Å². The molecule has 1 aromatic carbocycles. The Morgan fingerprint density at radius 1 is 0.828 bits per heavy atom. The van der Waals surface area contributed by atoms with Crippen LogP contribution in [0.2, 0.25) is 0 Å². The van der Waals surface area contributed by atoms with E-state index in [2.05, 4.69) is 9.80 Å². The van der Waals surface area contributed by atoms with Crippen molar-refractivity contribution < 1.29 is 14.4 Å². The van der Waals surface area contributed by atoms with E-state index in [4.69, 9.17) is 0 Å². The Morgan fingerprint density at radius 3 is 2.24 bits per heavy atom. The number of carbonyl (C=O) groups excluding carboxylic acids is 3. The van der Waals surface area contributed by atoms with Crippen LogP contribution in [-0.4, -0.2) is 70.2 Å². The molecule has 0 N–H and O–H groups in total. The molecule has 152 valence electrons. The lowest BCUT2D eigenvalue weighted by atomic mass is 9.67. The zero-order chi connectivity index (χ0) is 19.7. The smallest absolute Gasteiger partial charge is 0.262 e. The minimum absolute atomic E-state index is 0.00287. The second-order valence-electron chi connectivity index (χ2n) is 9.41. The lowest BCUT2D eigenvalue weighted by molar-refractivity contribution is -0.156. The first-order chi connectivity index (χ1) is 14.1. The molecule has 6 heteroatoms. The van der Waals surface area contributed by atoms with Gasteiger partial charge in [0.15, 0.2) is 0 Å². The average Bonchev–Trinajstić information content (AvgIpc) is 3.00. The Kier molecular flexibility index (Phi) is 3.89. The van der Waals surface area contributed by atoms with Crippen molar-refractivity contribution in [1.82, 2.24) is 14.7 Å². The van der Waals surface area contributed by atoms with Gasteiger partial charge in [-0.2, -0.15) is 0 Å². The number of hydrogen-bond donors (Lipinski definition) is 0. The van der Waals surface area contributed by atoms with Crippen molar-refractivity contribution >= 4 is 17.7 Å². The van der Waals surface area contributed by atoms with Crippen molar-refractivity contribution in [2.75, 3.05) is 19.6 Å². The fraction of sp³-hybridized carbons (Fsp3) is 0.609.